The van der Waals surface area contributed by atoms with Crippen molar-refractivity contribution in [3.05, 3.63) is 212 Å². The average Bonchev–Trinajstić information content (AvgIpc) is 4.02. The SMILES string of the molecule is c1ccc(-c2ccc(-c3nc(-c4ccc5oc6cc7ccccc7cc6c5c4-n4c5ccccc5c5cc6ccccc6cc54)nc(-n4c5ccccc5c5ccccc54)n3)cc2)cc1. The molecule has 65 heavy (non-hydrogen) atoms. The van der Waals surface area contributed by atoms with Crippen LogP contribution < -0.4 is 0 Å². The second-order valence-electron chi connectivity index (χ2n) is 16.8. The van der Waals surface area contributed by atoms with Gasteiger partial charge in [-0.1, -0.05) is 158 Å². The molecule has 0 atom stereocenters. The van der Waals surface area contributed by atoms with Crippen molar-refractivity contribution in [2.24, 2.45) is 0 Å². The van der Waals surface area contributed by atoms with E-state index in [1.54, 1.807) is 0 Å². The minimum Gasteiger partial charge on any atom is -0.456 e. The first-order valence-electron chi connectivity index (χ1n) is 21.9. The number of rotatable bonds is 5. The second kappa shape index (κ2) is 13.8. The summed E-state index contributed by atoms with van der Waals surface area (Å²) in [7, 11) is 0. The molecule has 6 heteroatoms. The molecule has 0 aliphatic rings. The Morgan fingerprint density at radius 1 is 0.323 bits per heavy atom. The zero-order valence-electron chi connectivity index (χ0n) is 34.9. The first-order valence-corrected chi connectivity index (χ1v) is 21.9. The number of fused-ring (bicyclic) bond motifs is 11. The van der Waals surface area contributed by atoms with E-state index in [1.165, 1.54) is 10.8 Å². The second-order valence-corrected chi connectivity index (χ2v) is 16.8. The van der Waals surface area contributed by atoms with Crippen LogP contribution in [0.4, 0.5) is 0 Å². The van der Waals surface area contributed by atoms with Crippen molar-refractivity contribution in [1.82, 2.24) is 24.1 Å². The zero-order valence-corrected chi connectivity index (χ0v) is 34.9. The summed E-state index contributed by atoms with van der Waals surface area (Å²) in [5.41, 5.74) is 10.8. The lowest BCUT2D eigenvalue weighted by Crippen LogP contribution is -2.08. The number of hydrogen-bond acceptors (Lipinski definition) is 4. The molecule has 0 amide bonds. The molecular formula is C59H35N5O. The van der Waals surface area contributed by atoms with Gasteiger partial charge in [0, 0.05) is 38.1 Å². The summed E-state index contributed by atoms with van der Waals surface area (Å²) < 4.78 is 11.4. The molecule has 0 bridgehead atoms. The van der Waals surface area contributed by atoms with Crippen molar-refractivity contribution >= 4 is 87.1 Å². The highest BCUT2D eigenvalue weighted by Gasteiger charge is 2.26. The number of furan rings is 1. The van der Waals surface area contributed by atoms with E-state index in [2.05, 4.69) is 215 Å². The number of aromatic nitrogens is 5. The highest BCUT2D eigenvalue weighted by atomic mass is 16.3. The Kier molecular flexibility index (Phi) is 7.59. The van der Waals surface area contributed by atoms with Crippen molar-refractivity contribution in [3.63, 3.8) is 0 Å². The monoisotopic (exact) mass is 829 g/mol. The summed E-state index contributed by atoms with van der Waals surface area (Å²) in [6, 6.07) is 75.0. The van der Waals surface area contributed by atoms with Crippen molar-refractivity contribution in [1.29, 1.82) is 0 Å². The Bertz CT molecular complexity index is 4180. The highest BCUT2D eigenvalue weighted by molar-refractivity contribution is 6.19. The minimum atomic E-state index is 0.539. The van der Waals surface area contributed by atoms with Gasteiger partial charge in [-0.25, -0.2) is 4.98 Å². The maximum absolute atomic E-state index is 6.83. The van der Waals surface area contributed by atoms with E-state index in [0.29, 0.717) is 17.6 Å². The van der Waals surface area contributed by atoms with E-state index in [-0.39, 0.29) is 0 Å². The Balaban J connectivity index is 1.12. The van der Waals surface area contributed by atoms with E-state index in [0.717, 1.165) is 104 Å². The van der Waals surface area contributed by atoms with Crippen LogP contribution in [0, 0.1) is 0 Å². The molecule has 302 valence electrons. The van der Waals surface area contributed by atoms with Gasteiger partial charge in [0.2, 0.25) is 5.95 Å². The summed E-state index contributed by atoms with van der Waals surface area (Å²) in [5, 5.41) is 11.2. The molecule has 0 aliphatic heterocycles. The van der Waals surface area contributed by atoms with Gasteiger partial charge in [0.25, 0.3) is 0 Å². The van der Waals surface area contributed by atoms with Crippen LogP contribution in [0.3, 0.4) is 0 Å². The lowest BCUT2D eigenvalue weighted by Gasteiger charge is -2.17. The Morgan fingerprint density at radius 3 is 1.51 bits per heavy atom. The van der Waals surface area contributed by atoms with E-state index >= 15 is 0 Å². The molecule has 14 aromatic rings. The molecular weight excluding hydrogens is 795 g/mol. The van der Waals surface area contributed by atoms with Gasteiger partial charge in [0.15, 0.2) is 11.6 Å². The molecule has 0 unspecified atom stereocenters. The Morgan fingerprint density at radius 2 is 0.831 bits per heavy atom. The predicted molar refractivity (Wildman–Crippen MR) is 267 cm³/mol. The van der Waals surface area contributed by atoms with Crippen LogP contribution >= 0.6 is 0 Å². The lowest BCUT2D eigenvalue weighted by atomic mass is 10.0. The van der Waals surface area contributed by atoms with Crippen molar-refractivity contribution in [2.45, 2.75) is 0 Å². The van der Waals surface area contributed by atoms with Crippen LogP contribution in [0.1, 0.15) is 0 Å². The van der Waals surface area contributed by atoms with E-state index in [4.69, 9.17) is 19.4 Å². The van der Waals surface area contributed by atoms with Crippen molar-refractivity contribution in [3.8, 4) is 45.5 Å². The smallest absolute Gasteiger partial charge is 0.238 e. The van der Waals surface area contributed by atoms with E-state index in [1.807, 2.05) is 6.07 Å². The predicted octanol–water partition coefficient (Wildman–Crippen LogP) is 15.3. The molecule has 0 aliphatic carbocycles. The van der Waals surface area contributed by atoms with Gasteiger partial charge >= 0.3 is 0 Å². The first kappa shape index (κ1) is 35.7. The van der Waals surface area contributed by atoms with Crippen molar-refractivity contribution < 1.29 is 4.42 Å². The molecule has 0 saturated heterocycles. The third kappa shape index (κ3) is 5.44. The molecule has 6 nitrogen and oxygen atoms in total. The lowest BCUT2D eigenvalue weighted by molar-refractivity contribution is 0.669. The maximum Gasteiger partial charge on any atom is 0.238 e. The van der Waals surface area contributed by atoms with Gasteiger partial charge in [-0.2, -0.15) is 9.97 Å². The standard InChI is InChI=1S/C59H35N5O/c1-2-14-36(15-3-1)37-26-28-38(29-27-37)57-60-58(62-59(61-57)64-50-24-12-8-20-43(50)44-21-9-13-25-51(44)64)46-30-31-53-55(48-33-40-17-5-7-19-42(40)35-54(48)65-53)56(46)63-49-23-11-10-22-45(49)47-32-39-16-4-6-18-41(39)34-52(47)63/h1-35H. The zero-order chi connectivity index (χ0) is 42.6. The molecule has 0 fully saturated rings. The summed E-state index contributed by atoms with van der Waals surface area (Å²) in [6.07, 6.45) is 0. The van der Waals surface area contributed by atoms with Gasteiger partial charge in [0.05, 0.1) is 33.1 Å². The first-order chi connectivity index (χ1) is 32.2. The van der Waals surface area contributed by atoms with E-state index in [9.17, 15) is 0 Å². The van der Waals surface area contributed by atoms with E-state index < -0.39 is 0 Å². The molecule has 0 radical (unpaired) electrons. The summed E-state index contributed by atoms with van der Waals surface area (Å²) in [5.74, 6) is 1.67. The third-order valence-corrected chi connectivity index (χ3v) is 13.1. The fourth-order valence-corrected chi connectivity index (χ4v) is 10.1. The molecule has 10 aromatic carbocycles. The molecule has 0 saturated carbocycles. The van der Waals surface area contributed by atoms with Crippen LogP contribution in [0.5, 0.6) is 0 Å². The summed E-state index contributed by atoms with van der Waals surface area (Å²) >= 11 is 0. The van der Waals surface area contributed by atoms with Gasteiger partial charge in [-0.05, 0) is 87.3 Å². The highest BCUT2D eigenvalue weighted by Crippen LogP contribution is 2.45. The van der Waals surface area contributed by atoms with Crippen LogP contribution in [0.15, 0.2) is 217 Å². The summed E-state index contributed by atoms with van der Waals surface area (Å²) in [4.78, 5) is 16.4. The van der Waals surface area contributed by atoms with Gasteiger partial charge in [-0.3, -0.25) is 4.57 Å². The number of hydrogen-bond donors (Lipinski definition) is 0. The molecule has 4 heterocycles. The van der Waals surface area contributed by atoms with Crippen LogP contribution in [0.25, 0.3) is 133 Å². The van der Waals surface area contributed by atoms with Gasteiger partial charge < -0.3 is 8.98 Å². The fourth-order valence-electron chi connectivity index (χ4n) is 10.1. The number of benzene rings is 10. The summed E-state index contributed by atoms with van der Waals surface area (Å²) in [6.45, 7) is 0. The third-order valence-electron chi connectivity index (χ3n) is 13.1. The Labute approximate surface area is 371 Å². The van der Waals surface area contributed by atoms with Crippen LogP contribution in [-0.4, -0.2) is 24.1 Å². The van der Waals surface area contributed by atoms with Crippen LogP contribution in [-0.2, 0) is 0 Å². The molecule has 4 aromatic heterocycles. The molecule has 0 spiro atoms. The molecule has 0 N–H and O–H groups in total. The number of nitrogens with zero attached hydrogens (tertiary/aromatic N) is 5. The largest absolute Gasteiger partial charge is 0.456 e. The van der Waals surface area contributed by atoms with Crippen LogP contribution in [0.2, 0.25) is 0 Å². The topological polar surface area (TPSA) is 61.7 Å². The quantitative estimate of drug-likeness (QED) is 0.173. The van der Waals surface area contributed by atoms with Gasteiger partial charge in [0.1, 0.15) is 11.2 Å². The molecule has 14 rings (SSSR count). The van der Waals surface area contributed by atoms with Crippen molar-refractivity contribution in [2.75, 3.05) is 0 Å². The number of para-hydroxylation sites is 3. The Hall–Kier alpha value is -8.87. The average molecular weight is 830 g/mol. The minimum absolute atomic E-state index is 0.539. The maximum atomic E-state index is 6.83. The fraction of sp³-hybridized carbons (Fsp3) is 0. The normalized spacial score (nSPS) is 12.0. The van der Waals surface area contributed by atoms with Gasteiger partial charge in [-0.15, -0.1) is 0 Å².